The number of thioether (sulfide) groups is 1. The van der Waals surface area contributed by atoms with Crippen molar-refractivity contribution in [3.63, 3.8) is 0 Å². The SMILES string of the molecule is CSc1cccc(C(=O)C2CCNCC2)c1.Cl. The van der Waals surface area contributed by atoms with E-state index in [0.717, 1.165) is 31.5 Å². The van der Waals surface area contributed by atoms with E-state index >= 15 is 0 Å². The number of carbonyl (C=O) groups is 1. The first-order valence-electron chi connectivity index (χ1n) is 5.70. The van der Waals surface area contributed by atoms with Crippen molar-refractivity contribution >= 4 is 30.0 Å². The molecule has 0 aromatic heterocycles. The minimum Gasteiger partial charge on any atom is -0.317 e. The summed E-state index contributed by atoms with van der Waals surface area (Å²) in [6, 6.07) is 7.96. The maximum absolute atomic E-state index is 12.2. The van der Waals surface area contributed by atoms with Crippen LogP contribution < -0.4 is 5.32 Å². The van der Waals surface area contributed by atoms with Crippen molar-refractivity contribution in [3.8, 4) is 0 Å². The molecule has 94 valence electrons. The van der Waals surface area contributed by atoms with E-state index in [1.807, 2.05) is 30.5 Å². The van der Waals surface area contributed by atoms with Crippen LogP contribution in [-0.4, -0.2) is 25.1 Å². The molecule has 17 heavy (non-hydrogen) atoms. The predicted octanol–water partition coefficient (Wildman–Crippen LogP) is 3.01. The van der Waals surface area contributed by atoms with Gasteiger partial charge in [-0.1, -0.05) is 12.1 Å². The summed E-state index contributed by atoms with van der Waals surface area (Å²) in [6.07, 6.45) is 3.98. The molecule has 0 spiro atoms. The van der Waals surface area contributed by atoms with Crippen molar-refractivity contribution in [1.29, 1.82) is 0 Å². The van der Waals surface area contributed by atoms with Crippen LogP contribution >= 0.6 is 24.2 Å². The lowest BCUT2D eigenvalue weighted by Crippen LogP contribution is -2.31. The van der Waals surface area contributed by atoms with Crippen molar-refractivity contribution in [2.45, 2.75) is 17.7 Å². The minimum absolute atomic E-state index is 0. The van der Waals surface area contributed by atoms with Gasteiger partial charge < -0.3 is 5.32 Å². The second-order valence-corrected chi connectivity index (χ2v) is 5.00. The molecule has 1 aromatic rings. The third-order valence-corrected chi connectivity index (χ3v) is 3.79. The van der Waals surface area contributed by atoms with E-state index in [2.05, 4.69) is 5.32 Å². The van der Waals surface area contributed by atoms with Crippen molar-refractivity contribution < 1.29 is 4.79 Å². The zero-order chi connectivity index (χ0) is 11.4. The van der Waals surface area contributed by atoms with Crippen LogP contribution in [0.3, 0.4) is 0 Å². The Morgan fingerprint density at radius 1 is 1.35 bits per heavy atom. The van der Waals surface area contributed by atoms with Gasteiger partial charge in [0.1, 0.15) is 0 Å². The van der Waals surface area contributed by atoms with Crippen LogP contribution in [0.2, 0.25) is 0 Å². The Bertz CT molecular complexity index is 377. The van der Waals surface area contributed by atoms with Crippen LogP contribution in [-0.2, 0) is 0 Å². The fourth-order valence-electron chi connectivity index (χ4n) is 2.10. The van der Waals surface area contributed by atoms with E-state index in [1.165, 1.54) is 4.90 Å². The van der Waals surface area contributed by atoms with E-state index < -0.39 is 0 Å². The first-order chi connectivity index (χ1) is 7.81. The minimum atomic E-state index is 0. The quantitative estimate of drug-likeness (QED) is 0.677. The number of rotatable bonds is 3. The molecule has 2 rings (SSSR count). The highest BCUT2D eigenvalue weighted by atomic mass is 35.5. The Hall–Kier alpha value is -0.510. The third kappa shape index (κ3) is 3.73. The van der Waals surface area contributed by atoms with Gasteiger partial charge in [-0.2, -0.15) is 0 Å². The molecule has 1 aliphatic heterocycles. The van der Waals surface area contributed by atoms with Crippen molar-refractivity contribution in [2.24, 2.45) is 5.92 Å². The van der Waals surface area contributed by atoms with Gasteiger partial charge in [0, 0.05) is 16.4 Å². The van der Waals surface area contributed by atoms with E-state index in [9.17, 15) is 4.79 Å². The lowest BCUT2D eigenvalue weighted by atomic mass is 9.90. The number of halogens is 1. The summed E-state index contributed by atoms with van der Waals surface area (Å²) in [5, 5.41) is 3.29. The van der Waals surface area contributed by atoms with Crippen molar-refractivity contribution in [3.05, 3.63) is 29.8 Å². The Morgan fingerprint density at radius 2 is 2.06 bits per heavy atom. The molecule has 1 fully saturated rings. The molecule has 1 aliphatic rings. The van der Waals surface area contributed by atoms with Gasteiger partial charge >= 0.3 is 0 Å². The van der Waals surface area contributed by atoms with E-state index in [4.69, 9.17) is 0 Å². The lowest BCUT2D eigenvalue weighted by molar-refractivity contribution is 0.0895. The number of nitrogens with one attached hydrogen (secondary N) is 1. The molecule has 0 amide bonds. The van der Waals surface area contributed by atoms with Crippen LogP contribution in [0.1, 0.15) is 23.2 Å². The molecule has 4 heteroatoms. The number of piperidine rings is 1. The number of benzene rings is 1. The first-order valence-corrected chi connectivity index (χ1v) is 6.92. The maximum Gasteiger partial charge on any atom is 0.166 e. The molecule has 0 aliphatic carbocycles. The summed E-state index contributed by atoms with van der Waals surface area (Å²) in [5.74, 6) is 0.538. The van der Waals surface area contributed by atoms with Gasteiger partial charge in [-0.05, 0) is 44.3 Å². The highest BCUT2D eigenvalue weighted by molar-refractivity contribution is 7.98. The summed E-state index contributed by atoms with van der Waals surface area (Å²) >= 11 is 1.68. The molecule has 1 heterocycles. The second-order valence-electron chi connectivity index (χ2n) is 4.12. The molecule has 0 atom stereocenters. The van der Waals surface area contributed by atoms with Gasteiger partial charge in [0.15, 0.2) is 5.78 Å². The third-order valence-electron chi connectivity index (χ3n) is 3.06. The molecule has 2 nitrogen and oxygen atoms in total. The molecule has 0 bridgehead atoms. The Kier molecular flexibility index (Phi) is 6.03. The highest BCUT2D eigenvalue weighted by Gasteiger charge is 2.21. The Morgan fingerprint density at radius 3 is 2.71 bits per heavy atom. The smallest absolute Gasteiger partial charge is 0.166 e. The summed E-state index contributed by atoms with van der Waals surface area (Å²) in [6.45, 7) is 1.94. The summed E-state index contributed by atoms with van der Waals surface area (Å²) in [4.78, 5) is 13.4. The first kappa shape index (κ1) is 14.6. The molecular formula is C13H18ClNOS. The zero-order valence-electron chi connectivity index (χ0n) is 9.94. The summed E-state index contributed by atoms with van der Waals surface area (Å²) in [5.41, 5.74) is 0.874. The fraction of sp³-hybridized carbons (Fsp3) is 0.462. The van der Waals surface area contributed by atoms with E-state index in [0.29, 0.717) is 5.78 Å². The topological polar surface area (TPSA) is 29.1 Å². The molecule has 1 aromatic carbocycles. The van der Waals surface area contributed by atoms with Gasteiger partial charge in [0.25, 0.3) is 0 Å². The van der Waals surface area contributed by atoms with Crippen LogP contribution in [0.15, 0.2) is 29.2 Å². The number of Topliss-reactive ketones (excluding diaryl/α,β-unsaturated/α-hetero) is 1. The van der Waals surface area contributed by atoms with Crippen LogP contribution in [0.25, 0.3) is 0 Å². The zero-order valence-corrected chi connectivity index (χ0v) is 11.6. The average Bonchev–Trinajstić information content (AvgIpc) is 2.39. The monoisotopic (exact) mass is 271 g/mol. The van der Waals surface area contributed by atoms with Crippen LogP contribution in [0, 0.1) is 5.92 Å². The Balaban J connectivity index is 0.00000144. The van der Waals surface area contributed by atoms with Crippen LogP contribution in [0.4, 0.5) is 0 Å². The predicted molar refractivity (Wildman–Crippen MR) is 75.4 cm³/mol. The maximum atomic E-state index is 12.2. The lowest BCUT2D eigenvalue weighted by Gasteiger charge is -2.21. The highest BCUT2D eigenvalue weighted by Crippen LogP contribution is 2.21. The summed E-state index contributed by atoms with van der Waals surface area (Å²) < 4.78 is 0. The van der Waals surface area contributed by atoms with Gasteiger partial charge in [-0.15, -0.1) is 24.2 Å². The van der Waals surface area contributed by atoms with Crippen molar-refractivity contribution in [1.82, 2.24) is 5.32 Å². The van der Waals surface area contributed by atoms with Gasteiger partial charge in [0.05, 0.1) is 0 Å². The number of hydrogen-bond acceptors (Lipinski definition) is 3. The number of ketones is 1. The van der Waals surface area contributed by atoms with Crippen LogP contribution in [0.5, 0.6) is 0 Å². The second kappa shape index (κ2) is 7.04. The molecule has 1 saturated heterocycles. The normalized spacial score (nSPS) is 16.3. The molecule has 0 saturated carbocycles. The summed E-state index contributed by atoms with van der Waals surface area (Å²) in [7, 11) is 0. The standard InChI is InChI=1S/C13H17NOS.ClH/c1-16-12-4-2-3-11(9-12)13(15)10-5-7-14-8-6-10;/h2-4,9-10,14H,5-8H2,1H3;1H. The van der Waals surface area contributed by atoms with E-state index in [1.54, 1.807) is 11.8 Å². The Labute approximate surface area is 113 Å². The van der Waals surface area contributed by atoms with E-state index in [-0.39, 0.29) is 18.3 Å². The van der Waals surface area contributed by atoms with Gasteiger partial charge in [-0.25, -0.2) is 0 Å². The largest absolute Gasteiger partial charge is 0.317 e. The fourth-order valence-corrected chi connectivity index (χ4v) is 2.56. The van der Waals surface area contributed by atoms with Gasteiger partial charge in [0.2, 0.25) is 0 Å². The number of carbonyl (C=O) groups excluding carboxylic acids is 1. The molecule has 1 N–H and O–H groups in total. The average molecular weight is 272 g/mol. The molecular weight excluding hydrogens is 254 g/mol. The molecule has 0 radical (unpaired) electrons. The van der Waals surface area contributed by atoms with Gasteiger partial charge in [-0.3, -0.25) is 4.79 Å². The number of hydrogen-bond donors (Lipinski definition) is 1. The molecule has 0 unspecified atom stereocenters. The van der Waals surface area contributed by atoms with Crippen molar-refractivity contribution in [2.75, 3.05) is 19.3 Å².